The standard InChI is InChI=1S/C23H17NO6/c25-22-16-4-6-18-17(23(16)30-21(22)9-15-2-1-7-26-15)11-24(12-27-18)10-14-3-5-19-20(8-14)29-13-28-19/h1-9H,10-13H2. The molecule has 6 rings (SSSR count). The molecule has 0 bridgehead atoms. The average Bonchev–Trinajstić information content (AvgIpc) is 3.50. The third kappa shape index (κ3) is 2.83. The van der Waals surface area contributed by atoms with Crippen LogP contribution in [0.15, 0.2) is 58.9 Å². The number of hydrogen-bond donors (Lipinski definition) is 0. The molecule has 0 amide bonds. The highest BCUT2D eigenvalue weighted by Crippen LogP contribution is 2.42. The summed E-state index contributed by atoms with van der Waals surface area (Å²) in [7, 11) is 0. The van der Waals surface area contributed by atoms with Crippen molar-refractivity contribution >= 4 is 11.9 Å². The van der Waals surface area contributed by atoms with Gasteiger partial charge >= 0.3 is 0 Å². The second-order valence-electron chi connectivity index (χ2n) is 7.32. The lowest BCUT2D eigenvalue weighted by atomic mass is 10.0. The van der Waals surface area contributed by atoms with Crippen molar-refractivity contribution in [1.82, 2.24) is 4.90 Å². The van der Waals surface area contributed by atoms with Crippen LogP contribution in [0.5, 0.6) is 23.0 Å². The minimum Gasteiger partial charge on any atom is -0.478 e. The van der Waals surface area contributed by atoms with E-state index in [1.54, 1.807) is 30.5 Å². The molecular weight excluding hydrogens is 386 g/mol. The molecule has 0 spiro atoms. The summed E-state index contributed by atoms with van der Waals surface area (Å²) in [4.78, 5) is 14.9. The fraction of sp³-hybridized carbons (Fsp3) is 0.174. The SMILES string of the molecule is O=C1C(=Cc2ccco2)Oc2c1ccc1c2CN(Cc2ccc3c(c2)OCO3)CO1. The molecule has 4 heterocycles. The van der Waals surface area contributed by atoms with Gasteiger partial charge in [0.15, 0.2) is 17.3 Å². The summed E-state index contributed by atoms with van der Waals surface area (Å²) in [6, 6.07) is 13.1. The number of rotatable bonds is 3. The third-order valence-electron chi connectivity index (χ3n) is 5.34. The maximum absolute atomic E-state index is 12.8. The molecule has 1 aromatic heterocycles. The van der Waals surface area contributed by atoms with Gasteiger partial charge in [0.25, 0.3) is 0 Å². The van der Waals surface area contributed by atoms with Gasteiger partial charge in [-0.3, -0.25) is 9.69 Å². The fourth-order valence-corrected chi connectivity index (χ4v) is 3.91. The molecule has 2 aromatic carbocycles. The van der Waals surface area contributed by atoms with Gasteiger partial charge in [0.05, 0.1) is 17.4 Å². The summed E-state index contributed by atoms with van der Waals surface area (Å²) >= 11 is 0. The number of Topliss-reactive ketones (excluding diaryl/α,β-unsaturated/α-hetero) is 1. The second kappa shape index (κ2) is 6.67. The van der Waals surface area contributed by atoms with Crippen LogP contribution in [0.1, 0.15) is 27.2 Å². The Hall–Kier alpha value is -3.71. The van der Waals surface area contributed by atoms with Gasteiger partial charge in [0.2, 0.25) is 12.6 Å². The van der Waals surface area contributed by atoms with Crippen molar-refractivity contribution in [3.8, 4) is 23.0 Å². The van der Waals surface area contributed by atoms with Crippen molar-refractivity contribution in [3.63, 3.8) is 0 Å². The predicted molar refractivity (Wildman–Crippen MR) is 105 cm³/mol. The third-order valence-corrected chi connectivity index (χ3v) is 5.34. The average molecular weight is 403 g/mol. The largest absolute Gasteiger partial charge is 0.478 e. The number of fused-ring (bicyclic) bond motifs is 4. The molecule has 30 heavy (non-hydrogen) atoms. The van der Waals surface area contributed by atoms with E-state index >= 15 is 0 Å². The number of furan rings is 1. The van der Waals surface area contributed by atoms with Crippen LogP contribution in [0.25, 0.3) is 6.08 Å². The summed E-state index contributed by atoms with van der Waals surface area (Å²) in [6.07, 6.45) is 3.17. The molecule has 150 valence electrons. The van der Waals surface area contributed by atoms with Gasteiger partial charge in [-0.15, -0.1) is 0 Å². The topological polar surface area (TPSA) is 70.4 Å². The molecule has 0 fully saturated rings. The Balaban J connectivity index is 1.27. The Kier molecular flexibility index (Phi) is 3.82. The molecule has 0 atom stereocenters. The highest BCUT2D eigenvalue weighted by molar-refractivity contribution is 6.14. The van der Waals surface area contributed by atoms with E-state index in [1.807, 2.05) is 24.3 Å². The van der Waals surface area contributed by atoms with Gasteiger partial charge in [0.1, 0.15) is 24.0 Å². The highest BCUT2D eigenvalue weighted by atomic mass is 16.7. The van der Waals surface area contributed by atoms with Crippen LogP contribution in [0, 0.1) is 0 Å². The van der Waals surface area contributed by atoms with Crippen molar-refractivity contribution in [3.05, 3.63) is 76.9 Å². The molecule has 3 aromatic rings. The first kappa shape index (κ1) is 17.2. The molecule has 0 saturated carbocycles. The van der Waals surface area contributed by atoms with Crippen molar-refractivity contribution in [2.24, 2.45) is 0 Å². The normalized spacial score (nSPS) is 18.1. The highest BCUT2D eigenvalue weighted by Gasteiger charge is 2.33. The van der Waals surface area contributed by atoms with E-state index in [4.69, 9.17) is 23.4 Å². The summed E-state index contributed by atoms with van der Waals surface area (Å²) in [5.74, 6) is 3.49. The van der Waals surface area contributed by atoms with Crippen molar-refractivity contribution in [1.29, 1.82) is 0 Å². The summed E-state index contributed by atoms with van der Waals surface area (Å²) in [6.45, 7) is 1.98. The van der Waals surface area contributed by atoms with Crippen LogP contribution in [0.4, 0.5) is 0 Å². The fourth-order valence-electron chi connectivity index (χ4n) is 3.91. The quantitative estimate of drug-likeness (QED) is 0.613. The molecule has 7 heteroatoms. The first-order valence-electron chi connectivity index (χ1n) is 9.62. The Morgan fingerprint density at radius 3 is 2.80 bits per heavy atom. The zero-order valence-corrected chi connectivity index (χ0v) is 15.9. The second-order valence-corrected chi connectivity index (χ2v) is 7.32. The Morgan fingerprint density at radius 1 is 1.00 bits per heavy atom. The van der Waals surface area contributed by atoms with E-state index in [2.05, 4.69) is 4.90 Å². The Labute approximate surface area is 172 Å². The molecule has 7 nitrogen and oxygen atoms in total. The van der Waals surface area contributed by atoms with Crippen molar-refractivity contribution in [2.75, 3.05) is 13.5 Å². The number of allylic oxidation sites excluding steroid dienone is 1. The molecular formula is C23H17NO6. The lowest BCUT2D eigenvalue weighted by Gasteiger charge is -2.29. The van der Waals surface area contributed by atoms with Crippen molar-refractivity contribution < 1.29 is 28.2 Å². The zero-order valence-electron chi connectivity index (χ0n) is 15.9. The van der Waals surface area contributed by atoms with E-state index in [0.29, 0.717) is 36.9 Å². The van der Waals surface area contributed by atoms with Gasteiger partial charge < -0.3 is 23.4 Å². The molecule has 3 aliphatic rings. The zero-order chi connectivity index (χ0) is 20.1. The molecule has 3 aliphatic heterocycles. The lowest BCUT2D eigenvalue weighted by Crippen LogP contribution is -2.31. The van der Waals surface area contributed by atoms with E-state index in [-0.39, 0.29) is 18.3 Å². The van der Waals surface area contributed by atoms with E-state index < -0.39 is 0 Å². The number of hydrogen-bond acceptors (Lipinski definition) is 7. The maximum Gasteiger partial charge on any atom is 0.232 e. The summed E-state index contributed by atoms with van der Waals surface area (Å²) in [5, 5.41) is 0. The first-order chi connectivity index (χ1) is 14.7. The van der Waals surface area contributed by atoms with Gasteiger partial charge in [-0.25, -0.2) is 0 Å². The van der Waals surface area contributed by atoms with Crippen LogP contribution in [0.2, 0.25) is 0 Å². The molecule has 0 aliphatic carbocycles. The number of benzene rings is 2. The minimum atomic E-state index is -0.155. The monoisotopic (exact) mass is 403 g/mol. The first-order valence-corrected chi connectivity index (χ1v) is 9.62. The van der Waals surface area contributed by atoms with Crippen LogP contribution in [-0.4, -0.2) is 24.2 Å². The smallest absolute Gasteiger partial charge is 0.232 e. The molecule has 0 N–H and O–H groups in total. The minimum absolute atomic E-state index is 0.155. The van der Waals surface area contributed by atoms with Crippen LogP contribution in [-0.2, 0) is 13.1 Å². The molecule has 0 radical (unpaired) electrons. The van der Waals surface area contributed by atoms with E-state index in [0.717, 1.165) is 28.4 Å². The Morgan fingerprint density at radius 2 is 1.90 bits per heavy atom. The number of ketones is 1. The molecule has 0 unspecified atom stereocenters. The number of carbonyl (C=O) groups is 1. The van der Waals surface area contributed by atoms with Crippen LogP contribution in [0.3, 0.4) is 0 Å². The van der Waals surface area contributed by atoms with Gasteiger partial charge in [-0.2, -0.15) is 0 Å². The lowest BCUT2D eigenvalue weighted by molar-refractivity contribution is 0.0872. The number of nitrogens with zero attached hydrogens (tertiary/aromatic N) is 1. The summed E-state index contributed by atoms with van der Waals surface area (Å²) in [5.41, 5.74) is 2.50. The number of carbonyl (C=O) groups excluding carboxylic acids is 1. The maximum atomic E-state index is 12.8. The molecule has 0 saturated heterocycles. The Bertz CT molecular complexity index is 1180. The van der Waals surface area contributed by atoms with Gasteiger partial charge in [-0.05, 0) is 42.0 Å². The van der Waals surface area contributed by atoms with Crippen molar-refractivity contribution in [2.45, 2.75) is 13.1 Å². The van der Waals surface area contributed by atoms with E-state index in [9.17, 15) is 4.79 Å². The predicted octanol–water partition coefficient (Wildman–Crippen LogP) is 3.98. The van der Waals surface area contributed by atoms with Gasteiger partial charge in [0, 0.05) is 19.2 Å². The van der Waals surface area contributed by atoms with Crippen LogP contribution < -0.4 is 18.9 Å². The van der Waals surface area contributed by atoms with Gasteiger partial charge in [-0.1, -0.05) is 6.07 Å². The summed E-state index contributed by atoms with van der Waals surface area (Å²) < 4.78 is 28.1. The van der Waals surface area contributed by atoms with E-state index in [1.165, 1.54) is 0 Å². The van der Waals surface area contributed by atoms with Crippen LogP contribution >= 0.6 is 0 Å². The number of ether oxygens (including phenoxy) is 4.